The number of methoxy groups -OCH3 is 1. The average Bonchev–Trinajstić information content (AvgIpc) is 2.38. The van der Waals surface area contributed by atoms with Gasteiger partial charge in [0.25, 0.3) is 0 Å². The van der Waals surface area contributed by atoms with Gasteiger partial charge in [0.05, 0.1) is 19.3 Å². The van der Waals surface area contributed by atoms with E-state index in [0.717, 1.165) is 31.1 Å². The third kappa shape index (κ3) is 4.11. The number of para-hydroxylation sites is 2. The molecule has 0 unspecified atom stereocenters. The molecule has 2 rings (SSSR count). The number of nitrogens with zero attached hydrogens (tertiary/aromatic N) is 1. The standard InChI is InChI=1S/C15H23NO3/c1-12-10-16(11-13(2)19-12)8-9-18-15-7-5-4-6-14(15)17-3/h4-7,12-13H,8-11H2,1-3H3/t12-,13-/m0/s1. The summed E-state index contributed by atoms with van der Waals surface area (Å²) in [5.74, 6) is 1.59. The molecule has 1 aromatic rings. The summed E-state index contributed by atoms with van der Waals surface area (Å²) in [5.41, 5.74) is 0. The van der Waals surface area contributed by atoms with Crippen LogP contribution in [0.25, 0.3) is 0 Å². The van der Waals surface area contributed by atoms with Crippen LogP contribution >= 0.6 is 0 Å². The Morgan fingerprint density at radius 2 is 1.79 bits per heavy atom. The van der Waals surface area contributed by atoms with E-state index >= 15 is 0 Å². The van der Waals surface area contributed by atoms with E-state index in [1.165, 1.54) is 0 Å². The first-order valence-electron chi connectivity index (χ1n) is 6.82. The van der Waals surface area contributed by atoms with E-state index in [4.69, 9.17) is 14.2 Å². The molecule has 106 valence electrons. The fourth-order valence-electron chi connectivity index (χ4n) is 2.49. The monoisotopic (exact) mass is 265 g/mol. The van der Waals surface area contributed by atoms with Crippen LogP contribution in [-0.4, -0.2) is 50.5 Å². The van der Waals surface area contributed by atoms with Crippen molar-refractivity contribution in [2.45, 2.75) is 26.1 Å². The van der Waals surface area contributed by atoms with Gasteiger partial charge in [0, 0.05) is 19.6 Å². The van der Waals surface area contributed by atoms with Crippen molar-refractivity contribution in [1.82, 2.24) is 4.90 Å². The molecule has 1 heterocycles. The maximum atomic E-state index is 5.79. The summed E-state index contributed by atoms with van der Waals surface area (Å²) >= 11 is 0. The van der Waals surface area contributed by atoms with Crippen LogP contribution in [0.1, 0.15) is 13.8 Å². The molecule has 1 aliphatic rings. The van der Waals surface area contributed by atoms with E-state index in [2.05, 4.69) is 18.7 Å². The molecule has 0 radical (unpaired) electrons. The second kappa shape index (κ2) is 6.78. The lowest BCUT2D eigenvalue weighted by molar-refractivity contribution is -0.0699. The van der Waals surface area contributed by atoms with E-state index < -0.39 is 0 Å². The zero-order valence-electron chi connectivity index (χ0n) is 12.0. The van der Waals surface area contributed by atoms with Crippen molar-refractivity contribution < 1.29 is 14.2 Å². The minimum absolute atomic E-state index is 0.301. The molecule has 1 aliphatic heterocycles. The highest BCUT2D eigenvalue weighted by molar-refractivity contribution is 5.39. The predicted octanol–water partition coefficient (Wildman–Crippen LogP) is 2.18. The lowest BCUT2D eigenvalue weighted by atomic mass is 10.2. The largest absolute Gasteiger partial charge is 0.493 e. The summed E-state index contributed by atoms with van der Waals surface area (Å²) in [6, 6.07) is 7.74. The number of hydrogen-bond donors (Lipinski definition) is 0. The summed E-state index contributed by atoms with van der Waals surface area (Å²) < 4.78 is 16.8. The summed E-state index contributed by atoms with van der Waals surface area (Å²) in [4.78, 5) is 2.38. The third-order valence-corrected chi connectivity index (χ3v) is 3.23. The van der Waals surface area contributed by atoms with Crippen LogP contribution in [-0.2, 0) is 4.74 Å². The van der Waals surface area contributed by atoms with Gasteiger partial charge in [0.1, 0.15) is 6.61 Å². The molecule has 4 heteroatoms. The Kier molecular flexibility index (Phi) is 5.05. The van der Waals surface area contributed by atoms with E-state index in [1.54, 1.807) is 7.11 Å². The lowest BCUT2D eigenvalue weighted by Gasteiger charge is -2.35. The Morgan fingerprint density at radius 3 is 2.42 bits per heavy atom. The van der Waals surface area contributed by atoms with Crippen LogP contribution in [0.4, 0.5) is 0 Å². The smallest absolute Gasteiger partial charge is 0.161 e. The number of benzene rings is 1. The van der Waals surface area contributed by atoms with Crippen molar-refractivity contribution in [1.29, 1.82) is 0 Å². The highest BCUT2D eigenvalue weighted by Crippen LogP contribution is 2.25. The second-order valence-corrected chi connectivity index (χ2v) is 5.02. The Morgan fingerprint density at radius 1 is 1.16 bits per heavy atom. The quantitative estimate of drug-likeness (QED) is 0.816. The van der Waals surface area contributed by atoms with Crippen molar-refractivity contribution in [2.24, 2.45) is 0 Å². The first-order valence-corrected chi connectivity index (χ1v) is 6.82. The van der Waals surface area contributed by atoms with Crippen molar-refractivity contribution in [3.63, 3.8) is 0 Å². The molecule has 0 saturated carbocycles. The second-order valence-electron chi connectivity index (χ2n) is 5.02. The average molecular weight is 265 g/mol. The molecule has 0 aromatic heterocycles. The van der Waals surface area contributed by atoms with Crippen LogP contribution in [0, 0.1) is 0 Å². The Bertz CT molecular complexity index is 387. The van der Waals surface area contributed by atoms with Gasteiger partial charge in [-0.15, -0.1) is 0 Å². The summed E-state index contributed by atoms with van der Waals surface area (Å²) in [6.45, 7) is 7.75. The number of morpholine rings is 1. The summed E-state index contributed by atoms with van der Waals surface area (Å²) in [7, 11) is 1.66. The number of rotatable bonds is 5. The predicted molar refractivity (Wildman–Crippen MR) is 74.9 cm³/mol. The van der Waals surface area contributed by atoms with Crippen molar-refractivity contribution in [2.75, 3.05) is 33.4 Å². The van der Waals surface area contributed by atoms with E-state index in [0.29, 0.717) is 18.8 Å². The highest BCUT2D eigenvalue weighted by Gasteiger charge is 2.21. The minimum Gasteiger partial charge on any atom is -0.493 e. The molecule has 19 heavy (non-hydrogen) atoms. The zero-order valence-corrected chi connectivity index (χ0v) is 12.0. The topological polar surface area (TPSA) is 30.9 Å². The molecule has 0 spiro atoms. The molecule has 1 aromatic carbocycles. The maximum Gasteiger partial charge on any atom is 0.161 e. The summed E-state index contributed by atoms with van der Waals surface area (Å²) in [6.07, 6.45) is 0.602. The molecular formula is C15H23NO3. The van der Waals surface area contributed by atoms with Crippen molar-refractivity contribution in [3.8, 4) is 11.5 Å². The molecule has 1 saturated heterocycles. The van der Waals surface area contributed by atoms with Crippen LogP contribution in [0.5, 0.6) is 11.5 Å². The maximum absolute atomic E-state index is 5.79. The molecular weight excluding hydrogens is 242 g/mol. The summed E-state index contributed by atoms with van der Waals surface area (Å²) in [5, 5.41) is 0. The molecule has 1 fully saturated rings. The van der Waals surface area contributed by atoms with Gasteiger partial charge in [-0.05, 0) is 26.0 Å². The van der Waals surface area contributed by atoms with Gasteiger partial charge in [-0.2, -0.15) is 0 Å². The fraction of sp³-hybridized carbons (Fsp3) is 0.600. The Hall–Kier alpha value is -1.26. The first kappa shape index (κ1) is 14.2. The van der Waals surface area contributed by atoms with E-state index in [9.17, 15) is 0 Å². The minimum atomic E-state index is 0.301. The van der Waals surface area contributed by atoms with Crippen LogP contribution < -0.4 is 9.47 Å². The molecule has 0 aliphatic carbocycles. The van der Waals surface area contributed by atoms with Crippen molar-refractivity contribution in [3.05, 3.63) is 24.3 Å². The normalized spacial score (nSPS) is 24.2. The van der Waals surface area contributed by atoms with E-state index in [-0.39, 0.29) is 0 Å². The third-order valence-electron chi connectivity index (χ3n) is 3.23. The van der Waals surface area contributed by atoms with E-state index in [1.807, 2.05) is 24.3 Å². The SMILES string of the molecule is COc1ccccc1OCCN1C[C@H](C)O[C@@H](C)C1. The van der Waals surface area contributed by atoms with Gasteiger partial charge in [0.2, 0.25) is 0 Å². The molecule has 2 atom stereocenters. The first-order chi connectivity index (χ1) is 9.19. The number of hydrogen-bond acceptors (Lipinski definition) is 4. The molecule has 0 bridgehead atoms. The zero-order chi connectivity index (χ0) is 13.7. The van der Waals surface area contributed by atoms with Gasteiger partial charge < -0.3 is 14.2 Å². The van der Waals surface area contributed by atoms with Crippen LogP contribution in [0.15, 0.2) is 24.3 Å². The highest BCUT2D eigenvalue weighted by atomic mass is 16.5. The van der Waals surface area contributed by atoms with Gasteiger partial charge in [-0.3, -0.25) is 4.90 Å². The lowest BCUT2D eigenvalue weighted by Crippen LogP contribution is -2.46. The fourth-order valence-corrected chi connectivity index (χ4v) is 2.49. The van der Waals surface area contributed by atoms with Gasteiger partial charge in [-0.25, -0.2) is 0 Å². The van der Waals surface area contributed by atoms with Gasteiger partial charge in [0.15, 0.2) is 11.5 Å². The number of ether oxygens (including phenoxy) is 3. The molecule has 4 nitrogen and oxygen atoms in total. The molecule has 0 N–H and O–H groups in total. The van der Waals surface area contributed by atoms with Crippen molar-refractivity contribution >= 4 is 0 Å². The van der Waals surface area contributed by atoms with Gasteiger partial charge >= 0.3 is 0 Å². The Balaban J connectivity index is 1.80. The van der Waals surface area contributed by atoms with Gasteiger partial charge in [-0.1, -0.05) is 12.1 Å². The van der Waals surface area contributed by atoms with Crippen LogP contribution in [0.3, 0.4) is 0 Å². The van der Waals surface area contributed by atoms with Crippen LogP contribution in [0.2, 0.25) is 0 Å². The Labute approximate surface area is 115 Å². The molecule has 0 amide bonds.